The quantitative estimate of drug-likeness (QED) is 0.417. The van der Waals surface area contributed by atoms with Gasteiger partial charge in [0.05, 0.1) is 11.0 Å². The summed E-state index contributed by atoms with van der Waals surface area (Å²) in [6, 6.07) is 23.0. The van der Waals surface area contributed by atoms with Crippen molar-refractivity contribution in [2.75, 3.05) is 10.6 Å². The van der Waals surface area contributed by atoms with Gasteiger partial charge in [-0.15, -0.1) is 0 Å². The molecule has 6 heteroatoms. The van der Waals surface area contributed by atoms with Crippen LogP contribution in [-0.4, -0.2) is 9.97 Å². The molecule has 27 heavy (non-hydrogen) atoms. The van der Waals surface area contributed by atoms with Crippen molar-refractivity contribution in [1.29, 1.82) is 0 Å². The van der Waals surface area contributed by atoms with Gasteiger partial charge in [-0.3, -0.25) is 0 Å². The van der Waals surface area contributed by atoms with Crippen LogP contribution in [0.4, 0.5) is 17.3 Å². The fourth-order valence-corrected chi connectivity index (χ4v) is 2.92. The molecule has 0 spiro atoms. The molecule has 0 aliphatic rings. The lowest BCUT2D eigenvalue weighted by atomic mass is 10.2. The highest BCUT2D eigenvalue weighted by Crippen LogP contribution is 2.26. The third-order valence-corrected chi connectivity index (χ3v) is 4.55. The average molecular weight is 395 g/mol. The van der Waals surface area contributed by atoms with Gasteiger partial charge in [0, 0.05) is 22.3 Å². The van der Waals surface area contributed by atoms with E-state index in [2.05, 4.69) is 10.6 Å². The van der Waals surface area contributed by atoms with E-state index in [4.69, 9.17) is 33.2 Å². The highest BCUT2D eigenvalue weighted by molar-refractivity contribution is 6.30. The Labute approximate surface area is 167 Å². The second-order valence-corrected chi connectivity index (χ2v) is 6.89. The normalized spacial score (nSPS) is 10.7. The number of halogens is 2. The van der Waals surface area contributed by atoms with E-state index >= 15 is 0 Å². The standard InChI is InChI=1S/C21H16Cl2N4/c22-15-7-5-14(6-8-15)13-24-20-21(25-17-11-9-16(23)10-12-17)27-19-4-2-1-3-18(19)26-20/h1-12H,13H2,(H,24,26)(H,25,27). The predicted molar refractivity (Wildman–Crippen MR) is 113 cm³/mol. The van der Waals surface area contributed by atoms with Gasteiger partial charge in [-0.25, -0.2) is 9.97 Å². The molecule has 0 unspecified atom stereocenters. The molecule has 134 valence electrons. The fourth-order valence-electron chi connectivity index (χ4n) is 2.67. The second kappa shape index (κ2) is 7.82. The molecule has 1 heterocycles. The summed E-state index contributed by atoms with van der Waals surface area (Å²) in [6.45, 7) is 0.611. The average Bonchev–Trinajstić information content (AvgIpc) is 2.69. The lowest BCUT2D eigenvalue weighted by Gasteiger charge is -2.13. The Bertz CT molecular complexity index is 1060. The van der Waals surface area contributed by atoms with E-state index in [1.54, 1.807) is 0 Å². The number of benzene rings is 3. The molecule has 4 rings (SSSR count). The van der Waals surface area contributed by atoms with Crippen LogP contribution in [0.15, 0.2) is 72.8 Å². The Morgan fingerprint density at radius 2 is 1.22 bits per heavy atom. The molecule has 1 aromatic heterocycles. The molecule has 0 amide bonds. The summed E-state index contributed by atoms with van der Waals surface area (Å²) in [6.07, 6.45) is 0. The maximum atomic E-state index is 5.98. The van der Waals surface area contributed by atoms with Gasteiger partial charge < -0.3 is 10.6 Å². The van der Waals surface area contributed by atoms with E-state index < -0.39 is 0 Å². The van der Waals surface area contributed by atoms with Gasteiger partial charge >= 0.3 is 0 Å². The van der Waals surface area contributed by atoms with Crippen LogP contribution in [0.25, 0.3) is 11.0 Å². The summed E-state index contributed by atoms with van der Waals surface area (Å²) in [7, 11) is 0. The summed E-state index contributed by atoms with van der Waals surface area (Å²) in [5.41, 5.74) is 3.65. The summed E-state index contributed by atoms with van der Waals surface area (Å²) >= 11 is 11.9. The minimum Gasteiger partial charge on any atom is -0.363 e. The van der Waals surface area contributed by atoms with Crippen LogP contribution in [-0.2, 0) is 6.54 Å². The number of fused-ring (bicyclic) bond motifs is 1. The molecule has 0 radical (unpaired) electrons. The van der Waals surface area contributed by atoms with Gasteiger partial charge in [-0.1, -0.05) is 47.5 Å². The van der Waals surface area contributed by atoms with Gasteiger partial charge in [-0.2, -0.15) is 0 Å². The Hall–Kier alpha value is -2.82. The first-order valence-corrected chi connectivity index (χ1v) is 9.21. The summed E-state index contributed by atoms with van der Waals surface area (Å²) < 4.78 is 0. The molecule has 0 aliphatic heterocycles. The van der Waals surface area contributed by atoms with E-state index in [1.165, 1.54) is 0 Å². The molecule has 0 fully saturated rings. The van der Waals surface area contributed by atoms with Crippen LogP contribution >= 0.6 is 23.2 Å². The van der Waals surface area contributed by atoms with Crippen LogP contribution in [0.5, 0.6) is 0 Å². The first kappa shape index (κ1) is 17.6. The number of nitrogens with one attached hydrogen (secondary N) is 2. The van der Waals surface area contributed by atoms with Crippen LogP contribution in [0.3, 0.4) is 0 Å². The predicted octanol–water partition coefficient (Wildman–Crippen LogP) is 6.29. The third kappa shape index (κ3) is 4.30. The Kier molecular flexibility index (Phi) is 5.10. The van der Waals surface area contributed by atoms with Crippen LogP contribution in [0.1, 0.15) is 5.56 Å². The van der Waals surface area contributed by atoms with Crippen LogP contribution in [0, 0.1) is 0 Å². The number of hydrogen-bond donors (Lipinski definition) is 2. The zero-order valence-corrected chi connectivity index (χ0v) is 15.8. The van der Waals surface area contributed by atoms with Crippen molar-refractivity contribution in [3.63, 3.8) is 0 Å². The van der Waals surface area contributed by atoms with Gasteiger partial charge in [0.1, 0.15) is 0 Å². The van der Waals surface area contributed by atoms with Crippen LogP contribution in [0.2, 0.25) is 10.0 Å². The second-order valence-electron chi connectivity index (χ2n) is 6.02. The molecule has 0 aliphatic carbocycles. The van der Waals surface area contributed by atoms with Gasteiger partial charge in [-0.05, 0) is 54.1 Å². The number of para-hydroxylation sites is 2. The summed E-state index contributed by atoms with van der Waals surface area (Å²) in [5, 5.41) is 8.09. The highest BCUT2D eigenvalue weighted by Gasteiger charge is 2.09. The van der Waals surface area contributed by atoms with E-state index in [9.17, 15) is 0 Å². The number of anilines is 3. The highest BCUT2D eigenvalue weighted by atomic mass is 35.5. The third-order valence-electron chi connectivity index (χ3n) is 4.05. The monoisotopic (exact) mass is 394 g/mol. The topological polar surface area (TPSA) is 49.8 Å². The van der Waals surface area contributed by atoms with Crippen molar-refractivity contribution in [3.05, 3.63) is 88.4 Å². The molecule has 4 nitrogen and oxygen atoms in total. The molecular formula is C21H16Cl2N4. The van der Waals surface area contributed by atoms with Crippen molar-refractivity contribution < 1.29 is 0 Å². The first-order chi connectivity index (χ1) is 13.2. The van der Waals surface area contributed by atoms with Gasteiger partial charge in [0.15, 0.2) is 11.6 Å². The van der Waals surface area contributed by atoms with Crippen molar-refractivity contribution in [3.8, 4) is 0 Å². The van der Waals surface area contributed by atoms with E-state index in [0.717, 1.165) is 22.3 Å². The molecule has 3 aromatic carbocycles. The minimum absolute atomic E-state index is 0.611. The molecule has 0 saturated carbocycles. The van der Waals surface area contributed by atoms with Gasteiger partial charge in [0.25, 0.3) is 0 Å². The maximum absolute atomic E-state index is 5.98. The molecule has 4 aromatic rings. The smallest absolute Gasteiger partial charge is 0.174 e. The lowest BCUT2D eigenvalue weighted by Crippen LogP contribution is -2.07. The number of aromatic nitrogens is 2. The molecule has 0 bridgehead atoms. The van der Waals surface area contributed by atoms with Gasteiger partial charge in [0.2, 0.25) is 0 Å². The van der Waals surface area contributed by atoms with E-state index in [-0.39, 0.29) is 0 Å². The Morgan fingerprint density at radius 1 is 0.667 bits per heavy atom. The van der Waals surface area contributed by atoms with Crippen molar-refractivity contribution in [2.24, 2.45) is 0 Å². The largest absolute Gasteiger partial charge is 0.363 e. The van der Waals surface area contributed by atoms with Crippen molar-refractivity contribution in [1.82, 2.24) is 9.97 Å². The summed E-state index contributed by atoms with van der Waals surface area (Å²) in [4.78, 5) is 9.46. The minimum atomic E-state index is 0.611. The maximum Gasteiger partial charge on any atom is 0.174 e. The fraction of sp³-hybridized carbons (Fsp3) is 0.0476. The zero-order valence-electron chi connectivity index (χ0n) is 14.3. The first-order valence-electron chi connectivity index (χ1n) is 8.45. The SMILES string of the molecule is Clc1ccc(CNc2nc3ccccc3nc2Nc2ccc(Cl)cc2)cc1. The van der Waals surface area contributed by atoms with Crippen molar-refractivity contribution >= 4 is 51.6 Å². The lowest BCUT2D eigenvalue weighted by molar-refractivity contribution is 1.11. The van der Waals surface area contributed by atoms with E-state index in [1.807, 2.05) is 72.8 Å². The number of hydrogen-bond acceptors (Lipinski definition) is 4. The number of rotatable bonds is 5. The summed E-state index contributed by atoms with van der Waals surface area (Å²) in [5.74, 6) is 1.34. The van der Waals surface area contributed by atoms with Crippen LogP contribution < -0.4 is 10.6 Å². The van der Waals surface area contributed by atoms with E-state index in [0.29, 0.717) is 28.2 Å². The molecular weight excluding hydrogens is 379 g/mol. The molecule has 2 N–H and O–H groups in total. The zero-order chi connectivity index (χ0) is 18.6. The Morgan fingerprint density at radius 3 is 1.85 bits per heavy atom. The molecule has 0 atom stereocenters. The number of nitrogens with zero attached hydrogens (tertiary/aromatic N) is 2. The van der Waals surface area contributed by atoms with Crippen molar-refractivity contribution in [2.45, 2.75) is 6.54 Å². The molecule has 0 saturated heterocycles. The Balaban J connectivity index is 1.65.